The number of methoxy groups -OCH3 is 1. The van der Waals surface area contributed by atoms with Crippen LogP contribution in [0.4, 0.5) is 5.69 Å². The summed E-state index contributed by atoms with van der Waals surface area (Å²) >= 11 is 0. The van der Waals surface area contributed by atoms with Crippen molar-refractivity contribution in [2.24, 2.45) is 5.16 Å². The number of aromatic nitrogens is 2. The van der Waals surface area contributed by atoms with Gasteiger partial charge >= 0.3 is 0 Å². The van der Waals surface area contributed by atoms with Crippen molar-refractivity contribution in [3.05, 3.63) is 54.0 Å². The second-order valence-electron chi connectivity index (χ2n) is 6.08. The van der Waals surface area contributed by atoms with Crippen LogP contribution in [-0.4, -0.2) is 40.2 Å². The van der Waals surface area contributed by atoms with Crippen LogP contribution < -0.4 is 10.1 Å². The van der Waals surface area contributed by atoms with Gasteiger partial charge in [-0.2, -0.15) is 0 Å². The van der Waals surface area contributed by atoms with Crippen LogP contribution in [0.5, 0.6) is 11.5 Å². The van der Waals surface area contributed by atoms with Crippen molar-refractivity contribution in [2.75, 3.05) is 19.0 Å². The molecule has 27 heavy (non-hydrogen) atoms. The molecule has 0 amide bonds. The van der Waals surface area contributed by atoms with Crippen LogP contribution in [0.3, 0.4) is 0 Å². The van der Waals surface area contributed by atoms with Crippen molar-refractivity contribution in [2.45, 2.75) is 19.3 Å². The maximum absolute atomic E-state index is 9.64. The molecule has 3 rings (SSSR count). The minimum Gasteiger partial charge on any atom is -0.506 e. The molecule has 140 valence electrons. The number of unbranched alkanes of at least 4 members (excludes halogenated alkanes) is 1. The largest absolute Gasteiger partial charge is 0.506 e. The van der Waals surface area contributed by atoms with Gasteiger partial charge in [0.1, 0.15) is 17.2 Å². The quantitative estimate of drug-likeness (QED) is 0.244. The van der Waals surface area contributed by atoms with Crippen LogP contribution in [0.1, 0.15) is 24.2 Å². The molecule has 7 heteroatoms. The standard InChI is InChI=1S/C20H22N4O3/c1-27-15-6-7-17-16(12-15)18(9-11-22-17)21-10-3-2-4-14-5-8-20(25)19(24-14)13-23-26/h5-9,11-13,25-26H,2-4,10H2,1H3,(H,21,22). The SMILES string of the molecule is COc1ccc2nccc(NCCCCc3ccc(O)c(C=NO)n3)c2c1. The zero-order chi connectivity index (χ0) is 19.1. The molecule has 0 atom stereocenters. The third kappa shape index (κ3) is 4.63. The van der Waals surface area contributed by atoms with Crippen molar-refractivity contribution >= 4 is 22.8 Å². The molecule has 0 radical (unpaired) electrons. The van der Waals surface area contributed by atoms with Crippen molar-refractivity contribution in [1.82, 2.24) is 9.97 Å². The molecule has 0 aliphatic heterocycles. The van der Waals surface area contributed by atoms with E-state index in [1.54, 1.807) is 25.4 Å². The van der Waals surface area contributed by atoms with E-state index in [1.807, 2.05) is 24.3 Å². The predicted molar refractivity (Wildman–Crippen MR) is 105 cm³/mol. The van der Waals surface area contributed by atoms with Gasteiger partial charge in [0, 0.05) is 29.5 Å². The van der Waals surface area contributed by atoms with E-state index in [9.17, 15) is 5.11 Å². The Morgan fingerprint density at radius 1 is 1.19 bits per heavy atom. The fourth-order valence-electron chi connectivity index (χ4n) is 2.86. The second-order valence-corrected chi connectivity index (χ2v) is 6.08. The first-order valence-electron chi connectivity index (χ1n) is 8.74. The Morgan fingerprint density at radius 2 is 2.07 bits per heavy atom. The lowest BCUT2D eigenvalue weighted by Gasteiger charge is -2.10. The molecule has 1 aromatic carbocycles. The lowest BCUT2D eigenvalue weighted by molar-refractivity contribution is 0.321. The number of nitrogens with zero attached hydrogens (tertiary/aromatic N) is 3. The molecule has 7 nitrogen and oxygen atoms in total. The molecule has 0 spiro atoms. The van der Waals surface area contributed by atoms with E-state index in [4.69, 9.17) is 9.94 Å². The zero-order valence-electron chi connectivity index (χ0n) is 15.1. The van der Waals surface area contributed by atoms with E-state index in [-0.39, 0.29) is 11.4 Å². The first kappa shape index (κ1) is 18.4. The maximum atomic E-state index is 9.64. The Bertz CT molecular complexity index is 944. The summed E-state index contributed by atoms with van der Waals surface area (Å²) in [7, 11) is 1.65. The lowest BCUT2D eigenvalue weighted by Crippen LogP contribution is -2.04. The number of benzene rings is 1. The number of hydrogen-bond acceptors (Lipinski definition) is 7. The number of fused-ring (bicyclic) bond motifs is 1. The molecular formula is C20H22N4O3. The van der Waals surface area contributed by atoms with Crippen molar-refractivity contribution in [3.63, 3.8) is 0 Å². The third-order valence-corrected chi connectivity index (χ3v) is 4.26. The molecule has 0 fully saturated rings. The van der Waals surface area contributed by atoms with Crippen LogP contribution in [0, 0.1) is 0 Å². The summed E-state index contributed by atoms with van der Waals surface area (Å²) in [5.74, 6) is 0.803. The Kier molecular flexibility index (Phi) is 6.04. The number of pyridine rings is 2. The number of hydrogen-bond donors (Lipinski definition) is 3. The van der Waals surface area contributed by atoms with Gasteiger partial charge < -0.3 is 20.4 Å². The van der Waals surface area contributed by atoms with Gasteiger partial charge in [0.15, 0.2) is 0 Å². The fraction of sp³-hybridized carbons (Fsp3) is 0.250. The second kappa shape index (κ2) is 8.84. The maximum Gasteiger partial charge on any atom is 0.142 e. The number of anilines is 1. The smallest absolute Gasteiger partial charge is 0.142 e. The van der Waals surface area contributed by atoms with E-state index in [0.29, 0.717) is 0 Å². The number of oxime groups is 1. The fourth-order valence-corrected chi connectivity index (χ4v) is 2.86. The molecule has 0 bridgehead atoms. The monoisotopic (exact) mass is 366 g/mol. The van der Waals surface area contributed by atoms with Crippen molar-refractivity contribution < 1.29 is 15.1 Å². The zero-order valence-corrected chi connectivity index (χ0v) is 15.1. The number of nitrogens with one attached hydrogen (secondary N) is 1. The summed E-state index contributed by atoms with van der Waals surface area (Å²) in [5.41, 5.74) is 3.07. The van der Waals surface area contributed by atoms with Crippen LogP contribution in [0.25, 0.3) is 10.9 Å². The molecule has 2 aromatic heterocycles. The summed E-state index contributed by atoms with van der Waals surface area (Å²) in [6, 6.07) is 11.1. The molecule has 0 aliphatic carbocycles. The predicted octanol–water partition coefficient (Wildman–Crippen LogP) is 3.59. The van der Waals surface area contributed by atoms with Gasteiger partial charge in [-0.3, -0.25) is 4.98 Å². The van der Waals surface area contributed by atoms with Gasteiger partial charge in [0.25, 0.3) is 0 Å². The Labute approximate surface area is 157 Å². The van der Waals surface area contributed by atoms with E-state index < -0.39 is 0 Å². The van der Waals surface area contributed by atoms with Crippen LogP contribution in [-0.2, 0) is 6.42 Å². The summed E-state index contributed by atoms with van der Waals surface area (Å²) in [6.45, 7) is 0.819. The summed E-state index contributed by atoms with van der Waals surface area (Å²) in [6.07, 6.45) is 5.59. The Morgan fingerprint density at radius 3 is 2.89 bits per heavy atom. The summed E-state index contributed by atoms with van der Waals surface area (Å²) < 4.78 is 5.30. The number of aromatic hydroxyl groups is 1. The minimum atomic E-state index is -0.00166. The van der Waals surface area contributed by atoms with E-state index in [1.165, 1.54) is 0 Å². The van der Waals surface area contributed by atoms with Crippen LogP contribution in [0.2, 0.25) is 0 Å². The highest BCUT2D eigenvalue weighted by Gasteiger charge is 2.05. The molecule has 3 aromatic rings. The van der Waals surface area contributed by atoms with E-state index >= 15 is 0 Å². The minimum absolute atomic E-state index is 0.00166. The molecule has 0 aliphatic rings. The van der Waals surface area contributed by atoms with Crippen molar-refractivity contribution in [3.8, 4) is 11.5 Å². The number of aryl methyl sites for hydroxylation is 1. The average molecular weight is 366 g/mol. The summed E-state index contributed by atoms with van der Waals surface area (Å²) in [5, 5.41) is 25.6. The van der Waals surface area contributed by atoms with E-state index in [2.05, 4.69) is 20.4 Å². The van der Waals surface area contributed by atoms with Gasteiger partial charge in [-0.15, -0.1) is 0 Å². The topological polar surface area (TPSA) is 99.9 Å². The van der Waals surface area contributed by atoms with Gasteiger partial charge in [-0.05, 0) is 55.7 Å². The third-order valence-electron chi connectivity index (χ3n) is 4.26. The summed E-state index contributed by atoms with van der Waals surface area (Å²) in [4.78, 5) is 8.66. The molecule has 2 heterocycles. The number of rotatable bonds is 8. The average Bonchev–Trinajstić information content (AvgIpc) is 2.70. The highest BCUT2D eigenvalue weighted by Crippen LogP contribution is 2.26. The molecular weight excluding hydrogens is 344 g/mol. The normalized spacial score (nSPS) is 11.1. The Balaban J connectivity index is 1.55. The first-order chi connectivity index (χ1) is 13.2. The highest BCUT2D eigenvalue weighted by atomic mass is 16.5. The van der Waals surface area contributed by atoms with Crippen LogP contribution >= 0.6 is 0 Å². The number of ether oxygens (including phenoxy) is 1. The van der Waals surface area contributed by atoms with Gasteiger partial charge in [0.2, 0.25) is 0 Å². The highest BCUT2D eigenvalue weighted by molar-refractivity contribution is 5.92. The van der Waals surface area contributed by atoms with Crippen molar-refractivity contribution in [1.29, 1.82) is 0 Å². The van der Waals surface area contributed by atoms with E-state index in [0.717, 1.165) is 60.1 Å². The first-order valence-corrected chi connectivity index (χ1v) is 8.74. The molecule has 0 saturated carbocycles. The van der Waals surface area contributed by atoms with Gasteiger partial charge in [-0.1, -0.05) is 5.16 Å². The van der Waals surface area contributed by atoms with Gasteiger partial charge in [-0.25, -0.2) is 4.98 Å². The Hall–Kier alpha value is -3.35. The molecule has 3 N–H and O–H groups in total. The molecule has 0 unspecified atom stereocenters. The molecule has 0 saturated heterocycles. The van der Waals surface area contributed by atoms with Crippen LogP contribution in [0.15, 0.2) is 47.8 Å². The lowest BCUT2D eigenvalue weighted by atomic mass is 10.1. The van der Waals surface area contributed by atoms with Gasteiger partial charge in [0.05, 0.1) is 18.8 Å².